The average Bonchev–Trinajstić information content (AvgIpc) is 2.97. The summed E-state index contributed by atoms with van der Waals surface area (Å²) in [6, 6.07) is 14.3. The number of methoxy groups -OCH3 is 1. The SMILES string of the molecule is CCSC1=C(c2ccc(OCC(C)C)cc2)C(=O)N(c2ccc(OC)cc2)C1=O. The minimum Gasteiger partial charge on any atom is -0.497 e. The van der Waals surface area contributed by atoms with Crippen LogP contribution < -0.4 is 14.4 Å². The van der Waals surface area contributed by atoms with Crippen molar-refractivity contribution in [1.29, 1.82) is 0 Å². The summed E-state index contributed by atoms with van der Waals surface area (Å²) in [6.45, 7) is 6.77. The molecule has 0 N–H and O–H groups in total. The van der Waals surface area contributed by atoms with E-state index in [1.165, 1.54) is 16.7 Å². The quantitative estimate of drug-likeness (QED) is 0.586. The molecule has 0 fully saturated rings. The van der Waals surface area contributed by atoms with Gasteiger partial charge in [-0.25, -0.2) is 4.90 Å². The summed E-state index contributed by atoms with van der Waals surface area (Å²) in [5.74, 6) is 1.94. The molecule has 0 saturated heterocycles. The standard InChI is InChI=1S/C23H25NO4S/c1-5-29-21-20(16-6-10-19(11-7-16)28-14-15(2)3)22(25)24(23(21)26)17-8-12-18(27-4)13-9-17/h6-13,15H,5,14H2,1-4H3. The number of carbonyl (C=O) groups is 2. The van der Waals surface area contributed by atoms with Gasteiger partial charge in [0.2, 0.25) is 0 Å². The molecule has 0 bridgehead atoms. The van der Waals surface area contributed by atoms with Gasteiger partial charge in [0.25, 0.3) is 11.8 Å². The number of carbonyl (C=O) groups excluding carboxylic acids is 2. The van der Waals surface area contributed by atoms with E-state index < -0.39 is 0 Å². The van der Waals surface area contributed by atoms with E-state index in [-0.39, 0.29) is 11.8 Å². The molecule has 0 aliphatic carbocycles. The molecule has 1 aliphatic rings. The second-order valence-electron chi connectivity index (χ2n) is 7.01. The largest absolute Gasteiger partial charge is 0.497 e. The van der Waals surface area contributed by atoms with Gasteiger partial charge in [-0.15, -0.1) is 11.8 Å². The molecule has 1 aliphatic heterocycles. The first-order chi connectivity index (χ1) is 14.0. The second kappa shape index (κ2) is 9.18. The lowest BCUT2D eigenvalue weighted by atomic mass is 10.1. The number of hydrogen-bond donors (Lipinski definition) is 0. The Hall–Kier alpha value is -2.73. The number of benzene rings is 2. The highest BCUT2D eigenvalue weighted by Gasteiger charge is 2.39. The summed E-state index contributed by atoms with van der Waals surface area (Å²) in [4.78, 5) is 28.0. The maximum absolute atomic E-state index is 13.2. The van der Waals surface area contributed by atoms with Gasteiger partial charge in [-0.2, -0.15) is 0 Å². The lowest BCUT2D eigenvalue weighted by molar-refractivity contribution is -0.119. The van der Waals surface area contributed by atoms with Crippen LogP contribution in [0.15, 0.2) is 53.4 Å². The molecule has 152 valence electrons. The summed E-state index contributed by atoms with van der Waals surface area (Å²) >= 11 is 1.39. The summed E-state index contributed by atoms with van der Waals surface area (Å²) in [6.07, 6.45) is 0. The summed E-state index contributed by atoms with van der Waals surface area (Å²) in [5.41, 5.74) is 1.68. The van der Waals surface area contributed by atoms with E-state index in [4.69, 9.17) is 9.47 Å². The third kappa shape index (κ3) is 4.48. The molecule has 0 aromatic heterocycles. The minimum absolute atomic E-state index is 0.290. The van der Waals surface area contributed by atoms with Crippen LogP contribution in [0.2, 0.25) is 0 Å². The fraction of sp³-hybridized carbons (Fsp3) is 0.304. The number of anilines is 1. The Kier molecular flexibility index (Phi) is 6.64. The summed E-state index contributed by atoms with van der Waals surface area (Å²) in [5, 5.41) is 0. The van der Waals surface area contributed by atoms with E-state index in [9.17, 15) is 9.59 Å². The van der Waals surface area contributed by atoms with Gasteiger partial charge >= 0.3 is 0 Å². The predicted molar refractivity (Wildman–Crippen MR) is 117 cm³/mol. The zero-order valence-electron chi connectivity index (χ0n) is 17.1. The van der Waals surface area contributed by atoms with E-state index in [1.54, 1.807) is 31.4 Å². The first-order valence-corrected chi connectivity index (χ1v) is 10.6. The highest BCUT2D eigenvalue weighted by atomic mass is 32.2. The van der Waals surface area contributed by atoms with E-state index in [2.05, 4.69) is 13.8 Å². The van der Waals surface area contributed by atoms with Gasteiger partial charge in [0.15, 0.2) is 0 Å². The first-order valence-electron chi connectivity index (χ1n) is 9.59. The molecule has 0 radical (unpaired) electrons. The molecular weight excluding hydrogens is 386 g/mol. The monoisotopic (exact) mass is 411 g/mol. The molecule has 5 nitrogen and oxygen atoms in total. The Morgan fingerprint density at radius 2 is 1.55 bits per heavy atom. The van der Waals surface area contributed by atoms with Crippen molar-refractivity contribution < 1.29 is 19.1 Å². The Morgan fingerprint density at radius 1 is 0.931 bits per heavy atom. The Bertz CT molecular complexity index is 917. The van der Waals surface area contributed by atoms with Gasteiger partial charge in [0, 0.05) is 0 Å². The molecule has 0 spiro atoms. The number of amides is 2. The van der Waals surface area contributed by atoms with Gasteiger partial charge in [-0.1, -0.05) is 32.9 Å². The van der Waals surface area contributed by atoms with Gasteiger partial charge in [0.1, 0.15) is 11.5 Å². The van der Waals surface area contributed by atoms with Crippen LogP contribution in [-0.2, 0) is 9.59 Å². The smallest absolute Gasteiger partial charge is 0.272 e. The zero-order chi connectivity index (χ0) is 21.0. The van der Waals surface area contributed by atoms with E-state index in [0.717, 1.165) is 5.75 Å². The predicted octanol–water partition coefficient (Wildman–Crippen LogP) is 4.77. The highest BCUT2D eigenvalue weighted by molar-refractivity contribution is 8.04. The van der Waals surface area contributed by atoms with Gasteiger partial charge in [-0.05, 0) is 53.6 Å². The number of ether oxygens (including phenoxy) is 2. The van der Waals surface area contributed by atoms with E-state index in [0.29, 0.717) is 45.8 Å². The van der Waals surface area contributed by atoms with Gasteiger partial charge < -0.3 is 9.47 Å². The minimum atomic E-state index is -0.313. The molecule has 0 saturated carbocycles. The van der Waals surface area contributed by atoms with Crippen LogP contribution in [0.5, 0.6) is 11.5 Å². The number of hydrogen-bond acceptors (Lipinski definition) is 5. The molecule has 6 heteroatoms. The maximum atomic E-state index is 13.2. The van der Waals surface area contributed by atoms with Crippen LogP contribution in [0.3, 0.4) is 0 Å². The molecule has 3 rings (SSSR count). The van der Waals surface area contributed by atoms with Crippen LogP contribution in [0.4, 0.5) is 5.69 Å². The molecular formula is C23H25NO4S. The second-order valence-corrected chi connectivity index (χ2v) is 8.28. The molecule has 0 unspecified atom stereocenters. The summed E-state index contributed by atoms with van der Waals surface area (Å²) in [7, 11) is 1.57. The van der Waals surface area contributed by atoms with Crippen molar-refractivity contribution in [3.05, 3.63) is 59.0 Å². The molecule has 2 aromatic carbocycles. The third-order valence-electron chi connectivity index (χ3n) is 4.39. The Labute approximate surface area is 175 Å². The fourth-order valence-electron chi connectivity index (χ4n) is 2.99. The fourth-order valence-corrected chi connectivity index (χ4v) is 3.84. The van der Waals surface area contributed by atoms with Crippen LogP contribution in [0.25, 0.3) is 5.57 Å². The molecule has 0 atom stereocenters. The molecule has 2 aromatic rings. The zero-order valence-corrected chi connectivity index (χ0v) is 17.9. The Balaban J connectivity index is 1.92. The van der Waals surface area contributed by atoms with Crippen LogP contribution >= 0.6 is 11.8 Å². The highest BCUT2D eigenvalue weighted by Crippen LogP contribution is 2.39. The lowest BCUT2D eigenvalue weighted by Crippen LogP contribution is -2.31. The number of thioether (sulfide) groups is 1. The maximum Gasteiger partial charge on any atom is 0.272 e. The number of rotatable bonds is 8. The van der Waals surface area contributed by atoms with Crippen molar-refractivity contribution in [2.24, 2.45) is 5.92 Å². The molecule has 29 heavy (non-hydrogen) atoms. The van der Waals surface area contributed by atoms with E-state index >= 15 is 0 Å². The van der Waals surface area contributed by atoms with Gasteiger partial charge in [-0.3, -0.25) is 9.59 Å². The molecule has 1 heterocycles. The number of imide groups is 1. The van der Waals surface area contributed by atoms with Crippen molar-refractivity contribution in [3.63, 3.8) is 0 Å². The van der Waals surface area contributed by atoms with Crippen LogP contribution in [-0.4, -0.2) is 31.3 Å². The molecule has 2 amide bonds. The van der Waals surface area contributed by atoms with Crippen LogP contribution in [0.1, 0.15) is 26.3 Å². The Morgan fingerprint density at radius 3 is 2.10 bits per heavy atom. The topological polar surface area (TPSA) is 55.8 Å². The lowest BCUT2D eigenvalue weighted by Gasteiger charge is -2.15. The van der Waals surface area contributed by atoms with E-state index in [1.807, 2.05) is 31.2 Å². The van der Waals surface area contributed by atoms with Crippen molar-refractivity contribution in [2.45, 2.75) is 20.8 Å². The average molecular weight is 412 g/mol. The van der Waals surface area contributed by atoms with Crippen molar-refractivity contribution in [1.82, 2.24) is 0 Å². The summed E-state index contributed by atoms with van der Waals surface area (Å²) < 4.78 is 10.9. The third-order valence-corrected chi connectivity index (χ3v) is 5.34. The van der Waals surface area contributed by atoms with Gasteiger partial charge in [0.05, 0.1) is 29.9 Å². The van der Waals surface area contributed by atoms with Crippen LogP contribution in [0, 0.1) is 5.92 Å². The van der Waals surface area contributed by atoms with Crippen molar-refractivity contribution >= 4 is 34.8 Å². The number of nitrogens with zero attached hydrogens (tertiary/aromatic N) is 1. The first kappa shape index (κ1) is 21.0. The normalized spacial score (nSPS) is 14.2. The van der Waals surface area contributed by atoms with Crippen molar-refractivity contribution in [2.75, 3.05) is 24.4 Å². The van der Waals surface area contributed by atoms with Crippen molar-refractivity contribution in [3.8, 4) is 11.5 Å².